The van der Waals surface area contributed by atoms with Crippen LogP contribution in [0.15, 0.2) is 0 Å². The molecule has 13 heavy (non-hydrogen) atoms. The van der Waals surface area contributed by atoms with Gasteiger partial charge in [-0.15, -0.1) is 0 Å². The number of thiol groups is 2. The van der Waals surface area contributed by atoms with E-state index in [1.54, 1.807) is 5.32 Å². The Labute approximate surface area is 84.0 Å². The van der Waals surface area contributed by atoms with Crippen molar-refractivity contribution in [2.75, 3.05) is 0 Å². The standard InChI is InChI=1S/C3H4N2O3S.CH3NOS/c4-1(6)2(7)5-3(8)9;2-1(3)4/h(H2,4,6)(H2,5,7,8,9);(H3,2,3,4). The van der Waals surface area contributed by atoms with Crippen LogP contribution in [-0.2, 0) is 9.59 Å². The van der Waals surface area contributed by atoms with Crippen LogP contribution < -0.4 is 16.8 Å². The van der Waals surface area contributed by atoms with Crippen molar-refractivity contribution in [1.29, 1.82) is 0 Å². The minimum Gasteiger partial charge on any atom is -0.361 e. The quantitative estimate of drug-likeness (QED) is 0.257. The number of carbonyl (C=O) groups excluding carboxylic acids is 4. The molecule has 0 heterocycles. The van der Waals surface area contributed by atoms with E-state index in [1.807, 2.05) is 0 Å². The molecule has 0 aliphatic rings. The van der Waals surface area contributed by atoms with E-state index >= 15 is 0 Å². The number of primary amides is 2. The lowest BCUT2D eigenvalue weighted by molar-refractivity contribution is -0.136. The molecule has 4 amide bonds. The van der Waals surface area contributed by atoms with Crippen LogP contribution in [0.5, 0.6) is 0 Å². The summed E-state index contributed by atoms with van der Waals surface area (Å²) in [6.07, 6.45) is 0. The number of hydrogen-bond acceptors (Lipinski definition) is 4. The summed E-state index contributed by atoms with van der Waals surface area (Å²) in [5, 5.41) is 0.0112. The smallest absolute Gasteiger partial charge is 0.316 e. The summed E-state index contributed by atoms with van der Waals surface area (Å²) in [5.74, 6) is -2.37. The highest BCUT2D eigenvalue weighted by atomic mass is 32.1. The van der Waals surface area contributed by atoms with Crippen LogP contribution in [0.2, 0.25) is 0 Å². The average molecular weight is 225 g/mol. The fraction of sp³-hybridized carbons (Fsp3) is 0. The van der Waals surface area contributed by atoms with Gasteiger partial charge in [-0.25, -0.2) is 0 Å². The SMILES string of the molecule is NC(=O)C(=O)NC(=O)S.NC(=O)S. The van der Waals surface area contributed by atoms with Crippen LogP contribution >= 0.6 is 25.3 Å². The van der Waals surface area contributed by atoms with Crippen molar-refractivity contribution in [2.45, 2.75) is 0 Å². The number of nitrogens with two attached hydrogens (primary N) is 2. The van der Waals surface area contributed by atoms with Crippen LogP contribution in [-0.4, -0.2) is 22.3 Å². The second-order valence-corrected chi connectivity index (χ2v) is 2.31. The van der Waals surface area contributed by atoms with Crippen molar-refractivity contribution in [2.24, 2.45) is 11.5 Å². The molecular formula is C4H7N3O4S2. The lowest BCUT2D eigenvalue weighted by Crippen LogP contribution is -2.37. The van der Waals surface area contributed by atoms with E-state index in [4.69, 9.17) is 4.79 Å². The largest absolute Gasteiger partial charge is 0.361 e. The maximum absolute atomic E-state index is 10.1. The topological polar surface area (TPSA) is 132 Å². The van der Waals surface area contributed by atoms with E-state index in [0.29, 0.717) is 0 Å². The van der Waals surface area contributed by atoms with Gasteiger partial charge in [0.2, 0.25) is 0 Å². The van der Waals surface area contributed by atoms with Gasteiger partial charge in [0, 0.05) is 0 Å². The molecule has 0 aromatic carbocycles. The molecule has 0 saturated heterocycles. The van der Waals surface area contributed by atoms with Gasteiger partial charge in [0.1, 0.15) is 0 Å². The molecule has 0 fully saturated rings. The van der Waals surface area contributed by atoms with Gasteiger partial charge >= 0.3 is 11.8 Å². The fourth-order valence-corrected chi connectivity index (χ4v) is 0.260. The summed E-state index contributed by atoms with van der Waals surface area (Å²) in [4.78, 5) is 38.9. The molecule has 0 aromatic heterocycles. The van der Waals surface area contributed by atoms with Gasteiger partial charge in [0.25, 0.3) is 10.5 Å². The highest BCUT2D eigenvalue weighted by Gasteiger charge is 2.08. The lowest BCUT2D eigenvalue weighted by atomic mass is 10.6. The third-order valence-electron chi connectivity index (χ3n) is 0.444. The number of hydrogen-bond donors (Lipinski definition) is 5. The van der Waals surface area contributed by atoms with E-state index in [9.17, 15) is 14.4 Å². The molecule has 0 spiro atoms. The minimum absolute atomic E-state index is 0.639. The van der Waals surface area contributed by atoms with Gasteiger partial charge in [0.05, 0.1) is 0 Å². The molecule has 74 valence electrons. The Morgan fingerprint density at radius 1 is 1.00 bits per heavy atom. The van der Waals surface area contributed by atoms with Gasteiger partial charge in [-0.3, -0.25) is 24.5 Å². The number of amides is 4. The highest BCUT2D eigenvalue weighted by molar-refractivity contribution is 7.96. The second-order valence-electron chi connectivity index (χ2n) is 1.46. The molecule has 7 nitrogen and oxygen atoms in total. The van der Waals surface area contributed by atoms with Gasteiger partial charge in [0.15, 0.2) is 0 Å². The summed E-state index contributed by atoms with van der Waals surface area (Å²) in [5.41, 5.74) is 8.78. The number of nitrogens with one attached hydrogen (secondary N) is 1. The number of rotatable bonds is 0. The summed E-state index contributed by atoms with van der Waals surface area (Å²) >= 11 is 6.26. The first kappa shape index (κ1) is 14.3. The highest BCUT2D eigenvalue weighted by Crippen LogP contribution is 1.74. The van der Waals surface area contributed by atoms with Crippen molar-refractivity contribution in [1.82, 2.24) is 5.32 Å². The molecule has 0 bridgehead atoms. The van der Waals surface area contributed by atoms with Crippen LogP contribution in [0.25, 0.3) is 0 Å². The third kappa shape index (κ3) is 18.1. The minimum atomic E-state index is -1.21. The van der Waals surface area contributed by atoms with Crippen LogP contribution in [0.1, 0.15) is 0 Å². The molecule has 9 heteroatoms. The van der Waals surface area contributed by atoms with Crippen LogP contribution in [0.4, 0.5) is 9.59 Å². The van der Waals surface area contributed by atoms with Crippen molar-refractivity contribution < 1.29 is 19.2 Å². The Morgan fingerprint density at radius 2 is 1.31 bits per heavy atom. The summed E-state index contributed by atoms with van der Waals surface area (Å²) in [6, 6.07) is 0. The monoisotopic (exact) mass is 225 g/mol. The molecule has 0 aliphatic carbocycles. The first-order valence-corrected chi connectivity index (χ1v) is 3.49. The molecular weight excluding hydrogens is 218 g/mol. The molecule has 0 unspecified atom stereocenters. The molecule has 0 atom stereocenters. The van der Waals surface area contributed by atoms with Crippen LogP contribution in [0.3, 0.4) is 0 Å². The van der Waals surface area contributed by atoms with Gasteiger partial charge < -0.3 is 11.5 Å². The molecule has 0 aliphatic heterocycles. The number of carbonyl (C=O) groups is 4. The normalized spacial score (nSPS) is 7.54. The zero-order valence-electron chi connectivity index (χ0n) is 6.18. The zero-order valence-corrected chi connectivity index (χ0v) is 7.97. The Morgan fingerprint density at radius 3 is 1.38 bits per heavy atom. The van der Waals surface area contributed by atoms with Crippen molar-refractivity contribution >= 4 is 47.6 Å². The second kappa shape index (κ2) is 7.43. The Balaban J connectivity index is 0. The molecule has 0 saturated carbocycles. The van der Waals surface area contributed by atoms with Crippen molar-refractivity contribution in [3.8, 4) is 0 Å². The Bertz CT molecular complexity index is 238. The maximum Gasteiger partial charge on any atom is 0.316 e. The van der Waals surface area contributed by atoms with Crippen molar-refractivity contribution in [3.63, 3.8) is 0 Å². The predicted octanol–water partition coefficient (Wildman–Crippen LogP) is -1.37. The summed E-state index contributed by atoms with van der Waals surface area (Å²) in [7, 11) is 0. The van der Waals surface area contributed by atoms with E-state index in [1.165, 1.54) is 0 Å². The Kier molecular flexibility index (Phi) is 8.18. The van der Waals surface area contributed by atoms with Crippen molar-refractivity contribution in [3.05, 3.63) is 0 Å². The van der Waals surface area contributed by atoms with Gasteiger partial charge in [-0.1, -0.05) is 25.3 Å². The maximum atomic E-state index is 10.1. The number of imide groups is 1. The van der Waals surface area contributed by atoms with Gasteiger partial charge in [-0.05, 0) is 0 Å². The van der Waals surface area contributed by atoms with E-state index in [-0.39, 0.29) is 0 Å². The van der Waals surface area contributed by atoms with Crippen LogP contribution in [0, 0.1) is 0 Å². The Hall–Kier alpha value is -1.22. The van der Waals surface area contributed by atoms with Gasteiger partial charge in [-0.2, -0.15) is 0 Å². The average Bonchev–Trinajstić information content (AvgIpc) is 1.83. The summed E-state index contributed by atoms with van der Waals surface area (Å²) < 4.78 is 0. The molecule has 5 N–H and O–H groups in total. The van der Waals surface area contributed by atoms with E-state index < -0.39 is 22.3 Å². The van der Waals surface area contributed by atoms with E-state index in [2.05, 4.69) is 36.7 Å². The zero-order chi connectivity index (χ0) is 11.0. The fourth-order valence-electron chi connectivity index (χ4n) is 0.159. The molecule has 0 aromatic rings. The summed E-state index contributed by atoms with van der Waals surface area (Å²) in [6.45, 7) is 0. The predicted molar refractivity (Wildman–Crippen MR) is 50.3 cm³/mol. The first-order chi connectivity index (χ1) is 5.77. The van der Waals surface area contributed by atoms with E-state index in [0.717, 1.165) is 0 Å². The first-order valence-electron chi connectivity index (χ1n) is 2.59. The lowest BCUT2D eigenvalue weighted by Gasteiger charge is -1.91. The third-order valence-corrected chi connectivity index (χ3v) is 0.556. The molecule has 0 radical (unpaired) electrons. The molecule has 0 rings (SSSR count).